The van der Waals surface area contributed by atoms with Crippen LogP contribution in [0.15, 0.2) is 29.3 Å². The zero-order valence-corrected chi connectivity index (χ0v) is 16.5. The first kappa shape index (κ1) is 20.5. The van der Waals surface area contributed by atoms with Crippen LogP contribution < -0.4 is 15.8 Å². The summed E-state index contributed by atoms with van der Waals surface area (Å²) in [6.45, 7) is 0.437. The fourth-order valence-electron chi connectivity index (χ4n) is 2.37. The van der Waals surface area contributed by atoms with Crippen LogP contribution >= 0.6 is 24.0 Å². The summed E-state index contributed by atoms with van der Waals surface area (Å²) in [5, 5.41) is 3.01. The van der Waals surface area contributed by atoms with Crippen LogP contribution in [-0.2, 0) is 9.53 Å². The maximum Gasteiger partial charge on any atom is 0.251 e. The van der Waals surface area contributed by atoms with Crippen molar-refractivity contribution in [2.24, 2.45) is 10.7 Å². The van der Waals surface area contributed by atoms with E-state index in [9.17, 15) is 4.79 Å². The van der Waals surface area contributed by atoms with Crippen LogP contribution in [0.2, 0.25) is 0 Å². The molecule has 1 aliphatic heterocycles. The van der Waals surface area contributed by atoms with Gasteiger partial charge in [-0.1, -0.05) is 0 Å². The summed E-state index contributed by atoms with van der Waals surface area (Å²) in [6.07, 6.45) is 1.10. The van der Waals surface area contributed by atoms with Crippen molar-refractivity contribution in [3.05, 3.63) is 24.3 Å². The molecule has 1 aromatic rings. The number of carbonyl (C=O) groups is 1. The van der Waals surface area contributed by atoms with Crippen LogP contribution in [0, 0.1) is 0 Å². The van der Waals surface area contributed by atoms with E-state index in [0.29, 0.717) is 12.5 Å². The predicted octanol–water partition coefficient (Wildman–Crippen LogP) is 1.68. The van der Waals surface area contributed by atoms with Crippen molar-refractivity contribution in [2.45, 2.75) is 25.0 Å². The lowest BCUT2D eigenvalue weighted by Gasteiger charge is -2.16. The highest BCUT2D eigenvalue weighted by atomic mass is 127. The van der Waals surface area contributed by atoms with Crippen molar-refractivity contribution < 1.29 is 14.3 Å². The Morgan fingerprint density at radius 1 is 1.38 bits per heavy atom. The molecule has 0 bridgehead atoms. The van der Waals surface area contributed by atoms with Gasteiger partial charge in [0.25, 0.3) is 5.91 Å². The highest BCUT2D eigenvalue weighted by Gasteiger charge is 2.31. The number of methoxy groups -OCH3 is 1. The number of amides is 1. The normalized spacial score (nSPS) is 20.2. The smallest absolute Gasteiger partial charge is 0.251 e. The van der Waals surface area contributed by atoms with Crippen molar-refractivity contribution >= 4 is 41.5 Å². The molecule has 1 fully saturated rings. The summed E-state index contributed by atoms with van der Waals surface area (Å²) in [6, 6.07) is 7.40. The number of rotatable bonds is 5. The lowest BCUT2D eigenvalue weighted by Crippen LogP contribution is -2.34. The second kappa shape index (κ2) is 9.67. The molecule has 8 heteroatoms. The van der Waals surface area contributed by atoms with Gasteiger partial charge in [0.15, 0.2) is 5.96 Å². The molecule has 2 atom stereocenters. The number of benzene rings is 1. The van der Waals surface area contributed by atoms with Gasteiger partial charge in [0.1, 0.15) is 11.9 Å². The van der Waals surface area contributed by atoms with E-state index in [1.165, 1.54) is 0 Å². The lowest BCUT2D eigenvalue weighted by atomic mass is 10.2. The topological polar surface area (TPSA) is 89.2 Å². The second-order valence-electron chi connectivity index (χ2n) is 5.64. The fraction of sp³-hybridized carbons (Fsp3) is 0.500. The molecule has 134 valence electrons. The third kappa shape index (κ3) is 5.82. The van der Waals surface area contributed by atoms with Crippen molar-refractivity contribution in [3.8, 4) is 5.75 Å². The molecule has 1 heterocycles. The van der Waals surface area contributed by atoms with E-state index in [1.54, 1.807) is 26.1 Å². The van der Waals surface area contributed by atoms with Crippen LogP contribution in [0.1, 0.15) is 12.8 Å². The maximum atomic E-state index is 11.8. The van der Waals surface area contributed by atoms with Gasteiger partial charge in [0.2, 0.25) is 0 Å². The third-order valence-electron chi connectivity index (χ3n) is 3.65. The Morgan fingerprint density at radius 3 is 2.62 bits per heavy atom. The van der Waals surface area contributed by atoms with Crippen LogP contribution in [0.4, 0.5) is 5.69 Å². The van der Waals surface area contributed by atoms with Crippen molar-refractivity contribution in [1.82, 2.24) is 4.90 Å². The van der Waals surface area contributed by atoms with Gasteiger partial charge in [-0.2, -0.15) is 0 Å². The maximum absolute atomic E-state index is 11.8. The van der Waals surface area contributed by atoms with Crippen LogP contribution in [0.5, 0.6) is 5.75 Å². The predicted molar refractivity (Wildman–Crippen MR) is 105 cm³/mol. The largest absolute Gasteiger partial charge is 0.497 e. The van der Waals surface area contributed by atoms with Crippen LogP contribution in [0.3, 0.4) is 0 Å². The SMILES string of the molecule is COc1ccc(NC(N)=NCC2CCC(C(=O)N(C)C)O2)cc1.I. The molecule has 0 spiro atoms. The molecule has 0 saturated carbocycles. The minimum Gasteiger partial charge on any atom is -0.497 e. The first-order valence-electron chi connectivity index (χ1n) is 7.57. The molecular weight excluding hydrogens is 423 g/mol. The highest BCUT2D eigenvalue weighted by molar-refractivity contribution is 14.0. The molecule has 1 saturated heterocycles. The molecule has 2 rings (SSSR count). The number of carbonyl (C=O) groups excluding carboxylic acids is 1. The summed E-state index contributed by atoms with van der Waals surface area (Å²) < 4.78 is 10.8. The minimum absolute atomic E-state index is 0. The van der Waals surface area contributed by atoms with E-state index in [2.05, 4.69) is 10.3 Å². The number of nitrogens with one attached hydrogen (secondary N) is 1. The second-order valence-corrected chi connectivity index (χ2v) is 5.64. The Kier molecular flexibility index (Phi) is 8.26. The Balaban J connectivity index is 0.00000288. The monoisotopic (exact) mass is 448 g/mol. The van der Waals surface area contributed by atoms with Crippen molar-refractivity contribution in [1.29, 1.82) is 0 Å². The van der Waals surface area contributed by atoms with E-state index < -0.39 is 0 Å². The van der Waals surface area contributed by atoms with Gasteiger partial charge in [-0.15, -0.1) is 24.0 Å². The van der Waals surface area contributed by atoms with E-state index in [-0.39, 0.29) is 42.1 Å². The zero-order valence-electron chi connectivity index (χ0n) is 14.2. The summed E-state index contributed by atoms with van der Waals surface area (Å²) in [4.78, 5) is 17.7. The molecule has 2 unspecified atom stereocenters. The number of ether oxygens (including phenoxy) is 2. The molecule has 0 radical (unpaired) electrons. The molecule has 0 aromatic heterocycles. The molecule has 1 amide bonds. The van der Waals surface area contributed by atoms with E-state index in [0.717, 1.165) is 24.3 Å². The van der Waals surface area contributed by atoms with Crippen LogP contribution in [-0.4, -0.2) is 56.7 Å². The van der Waals surface area contributed by atoms with E-state index in [1.807, 2.05) is 24.3 Å². The summed E-state index contributed by atoms with van der Waals surface area (Å²) >= 11 is 0. The summed E-state index contributed by atoms with van der Waals surface area (Å²) in [5.41, 5.74) is 6.71. The van der Waals surface area contributed by atoms with Gasteiger partial charge in [0, 0.05) is 19.8 Å². The zero-order chi connectivity index (χ0) is 16.8. The molecule has 7 nitrogen and oxygen atoms in total. The number of aliphatic imine (C=N–C) groups is 1. The molecule has 3 N–H and O–H groups in total. The van der Waals surface area contributed by atoms with E-state index >= 15 is 0 Å². The van der Waals surface area contributed by atoms with Gasteiger partial charge in [-0.05, 0) is 37.1 Å². The lowest BCUT2D eigenvalue weighted by molar-refractivity contribution is -0.140. The number of guanidine groups is 1. The number of halogens is 1. The van der Waals surface area contributed by atoms with Crippen molar-refractivity contribution in [2.75, 3.05) is 33.1 Å². The van der Waals surface area contributed by atoms with Gasteiger partial charge in [-0.25, -0.2) is 0 Å². The van der Waals surface area contributed by atoms with Gasteiger partial charge >= 0.3 is 0 Å². The summed E-state index contributed by atoms with van der Waals surface area (Å²) in [7, 11) is 5.08. The van der Waals surface area contributed by atoms with Gasteiger partial charge < -0.3 is 25.4 Å². The first-order valence-corrected chi connectivity index (χ1v) is 7.57. The number of hydrogen-bond acceptors (Lipinski definition) is 4. The van der Waals surface area contributed by atoms with Gasteiger partial charge in [-0.3, -0.25) is 9.79 Å². The molecule has 1 aromatic carbocycles. The quantitative estimate of drug-likeness (QED) is 0.407. The fourth-order valence-corrected chi connectivity index (χ4v) is 2.37. The Labute approximate surface area is 159 Å². The van der Waals surface area contributed by atoms with Gasteiger partial charge in [0.05, 0.1) is 19.8 Å². The average molecular weight is 448 g/mol. The third-order valence-corrected chi connectivity index (χ3v) is 3.65. The number of anilines is 1. The van der Waals surface area contributed by atoms with E-state index in [4.69, 9.17) is 15.2 Å². The standard InChI is InChI=1S/C16H24N4O3.HI/c1-20(2)15(21)14-9-8-13(23-14)10-18-16(17)19-11-4-6-12(22-3)7-5-11;/h4-7,13-14H,8-10H2,1-3H3,(H3,17,18,19);1H. The molecule has 0 aliphatic carbocycles. The number of nitrogens with two attached hydrogens (primary N) is 1. The number of nitrogens with zero attached hydrogens (tertiary/aromatic N) is 2. The highest BCUT2D eigenvalue weighted by Crippen LogP contribution is 2.21. The first-order chi connectivity index (χ1) is 11.0. The number of likely N-dealkylation sites (N-methyl/N-ethyl adjacent to an activating group) is 1. The average Bonchev–Trinajstić information content (AvgIpc) is 3.01. The summed E-state index contributed by atoms with van der Waals surface area (Å²) in [5.74, 6) is 1.10. The molecular formula is C16H25IN4O3. The number of hydrogen-bond donors (Lipinski definition) is 2. The van der Waals surface area contributed by atoms with Crippen molar-refractivity contribution in [3.63, 3.8) is 0 Å². The Bertz CT molecular complexity index is 563. The molecule has 24 heavy (non-hydrogen) atoms. The Morgan fingerprint density at radius 2 is 2.04 bits per heavy atom. The molecule has 1 aliphatic rings. The van der Waals surface area contributed by atoms with Crippen LogP contribution in [0.25, 0.3) is 0 Å². The minimum atomic E-state index is -0.360. The Hall–Kier alpha value is -1.55.